The Morgan fingerprint density at radius 1 is 1.07 bits per heavy atom. The van der Waals surface area contributed by atoms with Crippen LogP contribution in [-0.2, 0) is 0 Å². The van der Waals surface area contributed by atoms with Gasteiger partial charge in [0.1, 0.15) is 17.6 Å². The predicted octanol–water partition coefficient (Wildman–Crippen LogP) is 3.93. The number of benzene rings is 1. The van der Waals surface area contributed by atoms with Crippen LogP contribution < -0.4 is 10.5 Å². The lowest BCUT2D eigenvalue weighted by molar-refractivity contribution is 0.126. The van der Waals surface area contributed by atoms with Crippen LogP contribution in [-0.4, -0.2) is 32.8 Å². The summed E-state index contributed by atoms with van der Waals surface area (Å²) in [6.07, 6.45) is -3.42. The van der Waals surface area contributed by atoms with Gasteiger partial charge in [-0.2, -0.15) is 4.98 Å². The number of aliphatic hydroxyl groups is 1. The van der Waals surface area contributed by atoms with Crippen molar-refractivity contribution in [1.82, 2.24) is 15.0 Å². The summed E-state index contributed by atoms with van der Waals surface area (Å²) in [5.41, 5.74) is 7.18. The summed E-state index contributed by atoms with van der Waals surface area (Å²) < 4.78 is 45.7. The van der Waals surface area contributed by atoms with E-state index in [9.17, 15) is 18.3 Å². The van der Waals surface area contributed by atoms with E-state index in [1.807, 2.05) is 0 Å². The number of nitrogens with zero attached hydrogens (tertiary/aromatic N) is 3. The van der Waals surface area contributed by atoms with Gasteiger partial charge in [-0.1, -0.05) is 0 Å². The minimum absolute atomic E-state index is 0.0178. The Morgan fingerprint density at radius 2 is 1.76 bits per heavy atom. The quantitative estimate of drug-likeness (QED) is 0.647. The van der Waals surface area contributed by atoms with Gasteiger partial charge in [0.25, 0.3) is 6.43 Å². The Bertz CT molecular complexity index is 1010. The number of ether oxygens (including phenoxy) is 1. The van der Waals surface area contributed by atoms with Gasteiger partial charge in [0.15, 0.2) is 0 Å². The highest BCUT2D eigenvalue weighted by Crippen LogP contribution is 2.39. The van der Waals surface area contributed by atoms with Gasteiger partial charge in [-0.05, 0) is 55.8 Å². The van der Waals surface area contributed by atoms with Crippen LogP contribution in [0.3, 0.4) is 0 Å². The first-order chi connectivity index (χ1) is 13.8. The molecule has 0 fully saturated rings. The minimum atomic E-state index is -2.78. The van der Waals surface area contributed by atoms with Crippen LogP contribution in [0.15, 0.2) is 36.4 Å². The van der Waals surface area contributed by atoms with Crippen LogP contribution in [0.2, 0.25) is 0 Å². The molecule has 0 aliphatic carbocycles. The third kappa shape index (κ3) is 4.62. The van der Waals surface area contributed by atoms with E-state index in [-0.39, 0.29) is 24.1 Å². The maximum absolute atomic E-state index is 13.4. The third-order valence-electron chi connectivity index (χ3n) is 4.07. The number of hydrogen-bond donors (Lipinski definition) is 2. The maximum Gasteiger partial charge on any atom is 0.280 e. The van der Waals surface area contributed by atoms with Gasteiger partial charge in [0, 0.05) is 11.3 Å². The highest BCUT2D eigenvalue weighted by Gasteiger charge is 2.22. The van der Waals surface area contributed by atoms with Crippen LogP contribution in [0.1, 0.15) is 24.7 Å². The van der Waals surface area contributed by atoms with Crippen LogP contribution in [0.4, 0.5) is 19.1 Å². The molecular weight excluding hydrogens is 385 g/mol. The summed E-state index contributed by atoms with van der Waals surface area (Å²) in [6.45, 7) is 2.90. The fourth-order valence-corrected chi connectivity index (χ4v) is 2.80. The van der Waals surface area contributed by atoms with E-state index in [1.165, 1.54) is 30.3 Å². The SMILES string of the molecule is Cc1cc(-c2c(O[C@H](C)CO)nc(N)nc2-c2ccc(F)cc2)cc(C(F)F)n1. The number of alkyl halides is 2. The first-order valence-electron chi connectivity index (χ1n) is 8.76. The molecule has 152 valence electrons. The van der Waals surface area contributed by atoms with Gasteiger partial charge in [-0.15, -0.1) is 0 Å². The molecule has 2 heterocycles. The molecule has 0 spiro atoms. The van der Waals surface area contributed by atoms with E-state index >= 15 is 0 Å². The first kappa shape index (κ1) is 20.5. The molecule has 0 saturated heterocycles. The van der Waals surface area contributed by atoms with Gasteiger partial charge in [0.2, 0.25) is 11.8 Å². The van der Waals surface area contributed by atoms with Gasteiger partial charge in [-0.3, -0.25) is 4.98 Å². The molecule has 3 N–H and O–H groups in total. The highest BCUT2D eigenvalue weighted by atomic mass is 19.3. The summed E-state index contributed by atoms with van der Waals surface area (Å²) in [4.78, 5) is 12.2. The minimum Gasteiger partial charge on any atom is -0.472 e. The Morgan fingerprint density at radius 3 is 2.38 bits per heavy atom. The molecule has 0 aliphatic heterocycles. The number of nitrogens with two attached hydrogens (primary N) is 1. The van der Waals surface area contributed by atoms with E-state index in [1.54, 1.807) is 19.9 Å². The lowest BCUT2D eigenvalue weighted by atomic mass is 9.99. The number of aryl methyl sites for hydroxylation is 1. The molecule has 2 aromatic heterocycles. The lowest BCUT2D eigenvalue weighted by Gasteiger charge is -2.18. The number of halogens is 3. The first-order valence-corrected chi connectivity index (χ1v) is 8.76. The van der Waals surface area contributed by atoms with Crippen molar-refractivity contribution in [2.45, 2.75) is 26.4 Å². The molecule has 6 nitrogen and oxygen atoms in total. The smallest absolute Gasteiger partial charge is 0.280 e. The van der Waals surface area contributed by atoms with E-state index in [4.69, 9.17) is 10.5 Å². The number of pyridine rings is 1. The molecule has 1 atom stereocenters. The van der Waals surface area contributed by atoms with Crippen molar-refractivity contribution in [3.63, 3.8) is 0 Å². The summed E-state index contributed by atoms with van der Waals surface area (Å²) in [5, 5.41) is 9.35. The zero-order valence-electron chi connectivity index (χ0n) is 15.7. The Labute approximate surface area is 165 Å². The number of aliphatic hydroxyl groups excluding tert-OH is 1. The highest BCUT2D eigenvalue weighted by molar-refractivity contribution is 5.85. The van der Waals surface area contributed by atoms with Crippen molar-refractivity contribution in [3.8, 4) is 28.3 Å². The monoisotopic (exact) mass is 404 g/mol. The predicted molar refractivity (Wildman–Crippen MR) is 102 cm³/mol. The normalized spacial score (nSPS) is 12.2. The van der Waals surface area contributed by atoms with Gasteiger partial charge >= 0.3 is 0 Å². The number of aromatic nitrogens is 3. The van der Waals surface area contributed by atoms with Crippen molar-refractivity contribution in [1.29, 1.82) is 0 Å². The Balaban J connectivity index is 2.31. The molecule has 3 aromatic rings. The second kappa shape index (κ2) is 8.44. The van der Waals surface area contributed by atoms with Crippen molar-refractivity contribution in [3.05, 3.63) is 53.6 Å². The molecule has 0 aliphatic rings. The van der Waals surface area contributed by atoms with Gasteiger partial charge < -0.3 is 15.6 Å². The number of rotatable bonds is 6. The summed E-state index contributed by atoms with van der Waals surface area (Å²) in [5.74, 6) is -0.542. The Hall–Kier alpha value is -3.20. The third-order valence-corrected chi connectivity index (χ3v) is 4.07. The lowest BCUT2D eigenvalue weighted by Crippen LogP contribution is -2.18. The molecule has 0 amide bonds. The van der Waals surface area contributed by atoms with Crippen LogP contribution >= 0.6 is 0 Å². The average molecular weight is 404 g/mol. The molecule has 1 aromatic carbocycles. The van der Waals surface area contributed by atoms with Crippen LogP contribution in [0, 0.1) is 12.7 Å². The number of anilines is 1. The zero-order chi connectivity index (χ0) is 21.1. The van der Waals surface area contributed by atoms with E-state index in [0.717, 1.165) is 0 Å². The van der Waals surface area contributed by atoms with Crippen molar-refractivity contribution in [2.75, 3.05) is 12.3 Å². The summed E-state index contributed by atoms with van der Waals surface area (Å²) in [6, 6.07) is 8.28. The van der Waals surface area contributed by atoms with Crippen molar-refractivity contribution >= 4 is 5.95 Å². The van der Waals surface area contributed by atoms with Crippen molar-refractivity contribution < 1.29 is 23.0 Å². The molecule has 0 saturated carbocycles. The molecule has 29 heavy (non-hydrogen) atoms. The molecule has 3 rings (SSSR count). The average Bonchev–Trinajstić information content (AvgIpc) is 2.67. The molecule has 0 bridgehead atoms. The topological polar surface area (TPSA) is 94.2 Å². The summed E-state index contributed by atoms with van der Waals surface area (Å²) in [7, 11) is 0. The van der Waals surface area contributed by atoms with E-state index < -0.39 is 24.0 Å². The molecule has 0 unspecified atom stereocenters. The molecular formula is C20H19F3N4O2. The second-order valence-corrected chi connectivity index (χ2v) is 6.45. The zero-order valence-corrected chi connectivity index (χ0v) is 15.7. The van der Waals surface area contributed by atoms with Crippen LogP contribution in [0.5, 0.6) is 5.88 Å². The van der Waals surface area contributed by atoms with E-state index in [2.05, 4.69) is 15.0 Å². The fraction of sp³-hybridized carbons (Fsp3) is 0.250. The number of nitrogen functional groups attached to an aromatic ring is 1. The van der Waals surface area contributed by atoms with E-state index in [0.29, 0.717) is 22.4 Å². The maximum atomic E-state index is 13.4. The fourth-order valence-electron chi connectivity index (χ4n) is 2.80. The second-order valence-electron chi connectivity index (χ2n) is 6.45. The standard InChI is InChI=1S/C20H19F3N4O2/c1-10-7-13(8-15(25-10)18(22)23)16-17(12-3-5-14(21)6-4-12)26-20(24)27-19(16)29-11(2)9-28/h3-8,11,18,28H,9H2,1-2H3,(H2,24,26,27)/t11-/m1/s1. The Kier molecular flexibility index (Phi) is 5.97. The largest absolute Gasteiger partial charge is 0.472 e. The molecule has 0 radical (unpaired) electrons. The van der Waals surface area contributed by atoms with Crippen LogP contribution in [0.25, 0.3) is 22.4 Å². The van der Waals surface area contributed by atoms with Gasteiger partial charge in [0.05, 0.1) is 17.9 Å². The number of hydrogen-bond acceptors (Lipinski definition) is 6. The van der Waals surface area contributed by atoms with Crippen molar-refractivity contribution in [2.24, 2.45) is 0 Å². The molecule has 9 heteroatoms. The summed E-state index contributed by atoms with van der Waals surface area (Å²) >= 11 is 0. The van der Waals surface area contributed by atoms with Gasteiger partial charge in [-0.25, -0.2) is 18.2 Å².